The van der Waals surface area contributed by atoms with E-state index in [9.17, 15) is 18.0 Å². The van der Waals surface area contributed by atoms with Gasteiger partial charge in [0.05, 0.1) is 16.1 Å². The van der Waals surface area contributed by atoms with Crippen LogP contribution in [0, 0.1) is 6.92 Å². The molecule has 0 saturated carbocycles. The number of hydrogen-bond acceptors (Lipinski definition) is 5. The molecule has 3 aromatic rings. The lowest BCUT2D eigenvalue weighted by Crippen LogP contribution is -2.26. The molecule has 0 fully saturated rings. The van der Waals surface area contributed by atoms with E-state index in [4.69, 9.17) is 4.74 Å². The molecule has 7 nitrogen and oxygen atoms in total. The number of sulfonamides is 1. The SMILES string of the molecule is Cc1cccc(C(C)C)c1NC(=O)COC(=O)c1ccc(S(=O)(=O)N(C)c2ccccc2)cc1. The second kappa shape index (κ2) is 10.5. The maximum absolute atomic E-state index is 12.9. The first-order valence-electron chi connectivity index (χ1n) is 10.8. The first-order valence-corrected chi connectivity index (χ1v) is 12.3. The van der Waals surface area contributed by atoms with Crippen LogP contribution < -0.4 is 9.62 Å². The van der Waals surface area contributed by atoms with Gasteiger partial charge in [0.2, 0.25) is 0 Å². The average molecular weight is 481 g/mol. The number of hydrogen-bond donors (Lipinski definition) is 1. The zero-order chi connectivity index (χ0) is 24.9. The summed E-state index contributed by atoms with van der Waals surface area (Å²) in [4.78, 5) is 24.8. The minimum atomic E-state index is -3.79. The topological polar surface area (TPSA) is 92.8 Å². The molecule has 0 unspecified atom stereocenters. The molecule has 0 saturated heterocycles. The van der Waals surface area contributed by atoms with Crippen molar-refractivity contribution in [3.8, 4) is 0 Å². The zero-order valence-electron chi connectivity index (χ0n) is 19.6. The van der Waals surface area contributed by atoms with E-state index in [-0.39, 0.29) is 16.4 Å². The molecule has 0 radical (unpaired) electrons. The van der Waals surface area contributed by atoms with E-state index < -0.39 is 28.5 Å². The molecule has 178 valence electrons. The predicted octanol–water partition coefficient (Wildman–Crippen LogP) is 4.74. The highest BCUT2D eigenvalue weighted by molar-refractivity contribution is 7.92. The maximum Gasteiger partial charge on any atom is 0.338 e. The number of carbonyl (C=O) groups is 2. The fraction of sp³-hybridized carbons (Fsp3) is 0.231. The van der Waals surface area contributed by atoms with Crippen molar-refractivity contribution in [2.24, 2.45) is 0 Å². The van der Waals surface area contributed by atoms with E-state index in [1.807, 2.05) is 39.0 Å². The molecule has 3 rings (SSSR count). The number of esters is 1. The fourth-order valence-electron chi connectivity index (χ4n) is 3.43. The van der Waals surface area contributed by atoms with Crippen LogP contribution in [0.1, 0.15) is 41.3 Å². The molecule has 34 heavy (non-hydrogen) atoms. The van der Waals surface area contributed by atoms with Gasteiger partial charge in [0, 0.05) is 12.7 Å². The third-order valence-electron chi connectivity index (χ3n) is 5.39. The van der Waals surface area contributed by atoms with E-state index >= 15 is 0 Å². The summed E-state index contributed by atoms with van der Waals surface area (Å²) < 4.78 is 32.0. The number of carbonyl (C=O) groups excluding carboxylic acids is 2. The lowest BCUT2D eigenvalue weighted by molar-refractivity contribution is -0.119. The van der Waals surface area contributed by atoms with E-state index in [2.05, 4.69) is 5.32 Å². The van der Waals surface area contributed by atoms with E-state index in [1.54, 1.807) is 30.3 Å². The summed E-state index contributed by atoms with van der Waals surface area (Å²) in [5, 5.41) is 2.82. The number of para-hydroxylation sites is 2. The Balaban J connectivity index is 1.64. The first-order chi connectivity index (χ1) is 16.1. The molecule has 0 heterocycles. The summed E-state index contributed by atoms with van der Waals surface area (Å²) in [5.41, 5.74) is 3.30. The van der Waals surface area contributed by atoms with Crippen LogP contribution in [0.4, 0.5) is 11.4 Å². The Morgan fingerprint density at radius 3 is 2.21 bits per heavy atom. The third kappa shape index (κ3) is 5.63. The Morgan fingerprint density at radius 2 is 1.59 bits per heavy atom. The molecule has 0 aliphatic heterocycles. The molecule has 8 heteroatoms. The highest BCUT2D eigenvalue weighted by atomic mass is 32.2. The number of anilines is 2. The van der Waals surface area contributed by atoms with Gasteiger partial charge < -0.3 is 10.1 Å². The van der Waals surface area contributed by atoms with Crippen LogP contribution in [-0.2, 0) is 19.6 Å². The van der Waals surface area contributed by atoms with Crippen LogP contribution in [0.25, 0.3) is 0 Å². The summed E-state index contributed by atoms with van der Waals surface area (Å²) >= 11 is 0. The Hall–Kier alpha value is -3.65. The Morgan fingerprint density at radius 1 is 0.941 bits per heavy atom. The van der Waals surface area contributed by atoms with Gasteiger partial charge in [-0.25, -0.2) is 13.2 Å². The smallest absolute Gasteiger partial charge is 0.338 e. The average Bonchev–Trinajstić information content (AvgIpc) is 2.83. The summed E-state index contributed by atoms with van der Waals surface area (Å²) in [5.74, 6) is -0.953. The predicted molar refractivity (Wildman–Crippen MR) is 133 cm³/mol. The van der Waals surface area contributed by atoms with E-state index in [0.717, 1.165) is 16.8 Å². The molecule has 0 aromatic heterocycles. The van der Waals surface area contributed by atoms with Crippen molar-refractivity contribution in [2.45, 2.75) is 31.6 Å². The number of aryl methyl sites for hydroxylation is 1. The van der Waals surface area contributed by atoms with Crippen LogP contribution in [0.5, 0.6) is 0 Å². The van der Waals surface area contributed by atoms with Crippen LogP contribution in [0.3, 0.4) is 0 Å². The normalized spacial score (nSPS) is 11.2. The lowest BCUT2D eigenvalue weighted by atomic mass is 9.98. The van der Waals surface area contributed by atoms with Gasteiger partial charge in [0.15, 0.2) is 6.61 Å². The molecule has 0 spiro atoms. The molecule has 1 N–H and O–H groups in total. The highest BCUT2D eigenvalue weighted by Crippen LogP contribution is 2.27. The highest BCUT2D eigenvalue weighted by Gasteiger charge is 2.22. The van der Waals surface area contributed by atoms with Crippen molar-refractivity contribution < 1.29 is 22.7 Å². The second-order valence-corrected chi connectivity index (χ2v) is 10.1. The van der Waals surface area contributed by atoms with Crippen LogP contribution >= 0.6 is 0 Å². The summed E-state index contributed by atoms with van der Waals surface area (Å²) in [7, 11) is -2.33. The summed E-state index contributed by atoms with van der Waals surface area (Å²) in [6.45, 7) is 5.51. The van der Waals surface area contributed by atoms with Crippen LogP contribution in [0.2, 0.25) is 0 Å². The molecule has 0 aliphatic rings. The van der Waals surface area contributed by atoms with Gasteiger partial charge in [-0.3, -0.25) is 9.10 Å². The van der Waals surface area contributed by atoms with E-state index in [1.165, 1.54) is 35.6 Å². The van der Waals surface area contributed by atoms with Crippen molar-refractivity contribution in [1.29, 1.82) is 0 Å². The Kier molecular flexibility index (Phi) is 7.73. The van der Waals surface area contributed by atoms with Crippen LogP contribution in [0.15, 0.2) is 77.7 Å². The molecule has 3 aromatic carbocycles. The number of amides is 1. The quantitative estimate of drug-likeness (QED) is 0.470. The van der Waals surface area contributed by atoms with Crippen molar-refractivity contribution >= 4 is 33.3 Å². The number of rotatable bonds is 8. The Bertz CT molecular complexity index is 1270. The second-order valence-electron chi connectivity index (χ2n) is 8.15. The molecule has 0 bridgehead atoms. The monoisotopic (exact) mass is 480 g/mol. The van der Waals surface area contributed by atoms with Crippen molar-refractivity contribution in [3.63, 3.8) is 0 Å². The van der Waals surface area contributed by atoms with Crippen molar-refractivity contribution in [3.05, 3.63) is 89.5 Å². The van der Waals surface area contributed by atoms with Gasteiger partial charge in [-0.2, -0.15) is 0 Å². The summed E-state index contributed by atoms with van der Waals surface area (Å²) in [6.07, 6.45) is 0. The van der Waals surface area contributed by atoms with Crippen LogP contribution in [-0.4, -0.2) is 33.9 Å². The molecular formula is C26H28N2O5S. The van der Waals surface area contributed by atoms with Gasteiger partial charge >= 0.3 is 5.97 Å². The minimum Gasteiger partial charge on any atom is -0.452 e. The molecule has 0 aliphatic carbocycles. The fourth-order valence-corrected chi connectivity index (χ4v) is 4.63. The van der Waals surface area contributed by atoms with Gasteiger partial charge in [0.25, 0.3) is 15.9 Å². The maximum atomic E-state index is 12.9. The molecular weight excluding hydrogens is 452 g/mol. The Labute approximate surface area is 200 Å². The zero-order valence-corrected chi connectivity index (χ0v) is 20.4. The minimum absolute atomic E-state index is 0.0360. The standard InChI is InChI=1S/C26H28N2O5S/c1-18(2)23-12-8-9-19(3)25(23)27-24(29)17-33-26(30)20-13-15-22(16-14-20)34(31,32)28(4)21-10-6-5-7-11-21/h5-16,18H,17H2,1-4H3,(H,27,29). The number of nitrogens with one attached hydrogen (secondary N) is 1. The summed E-state index contributed by atoms with van der Waals surface area (Å²) in [6, 6.07) is 19.9. The molecule has 1 amide bonds. The van der Waals surface area contributed by atoms with Gasteiger partial charge in [-0.15, -0.1) is 0 Å². The lowest BCUT2D eigenvalue weighted by Gasteiger charge is -2.19. The molecule has 0 atom stereocenters. The van der Waals surface area contributed by atoms with Gasteiger partial charge in [0.1, 0.15) is 0 Å². The number of nitrogens with zero attached hydrogens (tertiary/aromatic N) is 1. The van der Waals surface area contributed by atoms with E-state index in [0.29, 0.717) is 5.69 Å². The third-order valence-corrected chi connectivity index (χ3v) is 7.19. The number of ether oxygens (including phenoxy) is 1. The van der Waals surface area contributed by atoms with Gasteiger partial charge in [-0.05, 0) is 60.4 Å². The largest absolute Gasteiger partial charge is 0.452 e. The first kappa shape index (κ1) is 25.0. The van der Waals surface area contributed by atoms with Gasteiger partial charge in [-0.1, -0.05) is 50.2 Å². The van der Waals surface area contributed by atoms with Crippen molar-refractivity contribution in [2.75, 3.05) is 23.3 Å². The van der Waals surface area contributed by atoms with Crippen molar-refractivity contribution in [1.82, 2.24) is 0 Å². The number of benzene rings is 3.